The number of hydrogen-bond donors (Lipinski definition) is 1. The fraction of sp³-hybridized carbons (Fsp3) is 0.250. The molecule has 2 rings (SSSR count). The lowest BCUT2D eigenvalue weighted by molar-refractivity contribution is 0.283. The van der Waals surface area contributed by atoms with Crippen molar-refractivity contribution in [2.24, 2.45) is 0 Å². The first-order chi connectivity index (χ1) is 9.35. The third-order valence-corrected chi connectivity index (χ3v) is 2.94. The Balaban J connectivity index is 2.10. The van der Waals surface area contributed by atoms with Crippen LogP contribution in [0.3, 0.4) is 0 Å². The number of rotatable bonds is 6. The standard InChI is InChI=1S/C16H19NO2/c1-17-11-13-7-3-4-8-14(13)12-19-16-10-6-5-9-15(16)18-2/h3-10,17H,11-12H2,1-2H3. The van der Waals surface area contributed by atoms with E-state index in [4.69, 9.17) is 9.47 Å². The second-order valence-electron chi connectivity index (χ2n) is 4.24. The second kappa shape index (κ2) is 6.81. The van der Waals surface area contributed by atoms with E-state index in [0.717, 1.165) is 18.0 Å². The Morgan fingerprint density at radius 3 is 2.21 bits per heavy atom. The lowest BCUT2D eigenvalue weighted by atomic mass is 10.1. The van der Waals surface area contributed by atoms with Crippen LogP contribution in [0, 0.1) is 0 Å². The maximum atomic E-state index is 5.85. The third kappa shape index (κ3) is 3.48. The molecular weight excluding hydrogens is 238 g/mol. The molecule has 19 heavy (non-hydrogen) atoms. The van der Waals surface area contributed by atoms with Crippen LogP contribution < -0.4 is 14.8 Å². The van der Waals surface area contributed by atoms with Crippen LogP contribution in [0.4, 0.5) is 0 Å². The highest BCUT2D eigenvalue weighted by atomic mass is 16.5. The van der Waals surface area contributed by atoms with Crippen LogP contribution in [0.25, 0.3) is 0 Å². The van der Waals surface area contributed by atoms with E-state index in [9.17, 15) is 0 Å². The lowest BCUT2D eigenvalue weighted by Gasteiger charge is -2.13. The van der Waals surface area contributed by atoms with Crippen molar-refractivity contribution in [1.29, 1.82) is 0 Å². The summed E-state index contributed by atoms with van der Waals surface area (Å²) >= 11 is 0. The molecule has 0 heterocycles. The van der Waals surface area contributed by atoms with Crippen LogP contribution in [0.2, 0.25) is 0 Å². The van der Waals surface area contributed by atoms with Gasteiger partial charge < -0.3 is 14.8 Å². The van der Waals surface area contributed by atoms with Crippen molar-refractivity contribution in [2.45, 2.75) is 13.2 Å². The average molecular weight is 257 g/mol. The number of ether oxygens (including phenoxy) is 2. The molecule has 0 spiro atoms. The monoisotopic (exact) mass is 257 g/mol. The molecule has 3 nitrogen and oxygen atoms in total. The van der Waals surface area contributed by atoms with Gasteiger partial charge >= 0.3 is 0 Å². The van der Waals surface area contributed by atoms with Gasteiger partial charge in [0.15, 0.2) is 11.5 Å². The number of hydrogen-bond acceptors (Lipinski definition) is 3. The molecule has 0 aliphatic carbocycles. The summed E-state index contributed by atoms with van der Waals surface area (Å²) in [5.41, 5.74) is 2.43. The van der Waals surface area contributed by atoms with Crippen LogP contribution >= 0.6 is 0 Å². The first-order valence-corrected chi connectivity index (χ1v) is 6.32. The summed E-state index contributed by atoms with van der Waals surface area (Å²) in [5, 5.41) is 3.16. The summed E-state index contributed by atoms with van der Waals surface area (Å²) in [4.78, 5) is 0. The SMILES string of the molecule is CNCc1ccccc1COc1ccccc1OC. The van der Waals surface area contributed by atoms with Gasteiger partial charge in [-0.3, -0.25) is 0 Å². The highest BCUT2D eigenvalue weighted by Crippen LogP contribution is 2.26. The van der Waals surface area contributed by atoms with Gasteiger partial charge in [0.2, 0.25) is 0 Å². The predicted molar refractivity (Wildman–Crippen MR) is 76.5 cm³/mol. The van der Waals surface area contributed by atoms with Crippen molar-refractivity contribution in [3.63, 3.8) is 0 Å². The molecule has 2 aromatic carbocycles. The van der Waals surface area contributed by atoms with Gasteiger partial charge in [0.05, 0.1) is 7.11 Å². The molecule has 0 fully saturated rings. The van der Waals surface area contributed by atoms with E-state index in [1.807, 2.05) is 43.4 Å². The van der Waals surface area contributed by atoms with Crippen LogP contribution in [-0.4, -0.2) is 14.2 Å². The molecule has 100 valence electrons. The summed E-state index contributed by atoms with van der Waals surface area (Å²) in [6.07, 6.45) is 0. The average Bonchev–Trinajstić information content (AvgIpc) is 2.47. The fourth-order valence-electron chi connectivity index (χ4n) is 1.95. The fourth-order valence-corrected chi connectivity index (χ4v) is 1.95. The molecule has 0 amide bonds. The van der Waals surface area contributed by atoms with E-state index in [-0.39, 0.29) is 0 Å². The van der Waals surface area contributed by atoms with Crippen molar-refractivity contribution >= 4 is 0 Å². The Hall–Kier alpha value is -2.00. The van der Waals surface area contributed by atoms with Gasteiger partial charge in [-0.2, -0.15) is 0 Å². The first kappa shape index (κ1) is 13.4. The largest absolute Gasteiger partial charge is 0.493 e. The Morgan fingerprint density at radius 2 is 1.53 bits per heavy atom. The van der Waals surface area contributed by atoms with Gasteiger partial charge in [0, 0.05) is 6.54 Å². The molecule has 0 unspecified atom stereocenters. The molecule has 0 aliphatic rings. The van der Waals surface area contributed by atoms with Crippen molar-refractivity contribution in [3.05, 3.63) is 59.7 Å². The summed E-state index contributed by atoms with van der Waals surface area (Å²) in [6.45, 7) is 1.38. The molecule has 0 saturated heterocycles. The normalized spacial score (nSPS) is 10.2. The van der Waals surface area contributed by atoms with E-state index >= 15 is 0 Å². The summed E-state index contributed by atoms with van der Waals surface area (Å²) < 4.78 is 11.1. The molecule has 2 aromatic rings. The zero-order valence-electron chi connectivity index (χ0n) is 11.3. The molecular formula is C16H19NO2. The molecule has 3 heteroatoms. The molecule has 0 atom stereocenters. The van der Waals surface area contributed by atoms with Gasteiger partial charge in [-0.05, 0) is 30.3 Å². The Labute approximate surface area is 114 Å². The molecule has 0 aliphatic heterocycles. The van der Waals surface area contributed by atoms with Crippen molar-refractivity contribution in [3.8, 4) is 11.5 Å². The van der Waals surface area contributed by atoms with E-state index in [2.05, 4.69) is 17.4 Å². The molecule has 0 bridgehead atoms. The smallest absolute Gasteiger partial charge is 0.161 e. The number of nitrogens with one attached hydrogen (secondary N) is 1. The first-order valence-electron chi connectivity index (χ1n) is 6.32. The lowest BCUT2D eigenvalue weighted by Crippen LogP contribution is -2.09. The summed E-state index contributed by atoms with van der Waals surface area (Å²) in [6, 6.07) is 15.9. The number of benzene rings is 2. The molecule has 0 radical (unpaired) electrons. The maximum absolute atomic E-state index is 5.85. The third-order valence-electron chi connectivity index (χ3n) is 2.94. The molecule has 0 aromatic heterocycles. The Morgan fingerprint density at radius 1 is 0.895 bits per heavy atom. The van der Waals surface area contributed by atoms with Crippen LogP contribution in [0.1, 0.15) is 11.1 Å². The van der Waals surface area contributed by atoms with Crippen LogP contribution in [0.15, 0.2) is 48.5 Å². The Bertz CT molecular complexity index is 526. The number of methoxy groups -OCH3 is 1. The predicted octanol–water partition coefficient (Wildman–Crippen LogP) is 2.99. The van der Waals surface area contributed by atoms with Crippen LogP contribution in [0.5, 0.6) is 11.5 Å². The van der Waals surface area contributed by atoms with Gasteiger partial charge in [0.1, 0.15) is 6.61 Å². The van der Waals surface area contributed by atoms with Crippen molar-refractivity contribution in [2.75, 3.05) is 14.2 Å². The minimum absolute atomic E-state index is 0.540. The highest BCUT2D eigenvalue weighted by Gasteiger charge is 2.05. The van der Waals surface area contributed by atoms with Gasteiger partial charge in [-0.1, -0.05) is 36.4 Å². The van der Waals surface area contributed by atoms with Gasteiger partial charge in [-0.15, -0.1) is 0 Å². The quantitative estimate of drug-likeness (QED) is 0.863. The number of para-hydroxylation sites is 2. The Kier molecular flexibility index (Phi) is 4.81. The van der Waals surface area contributed by atoms with Gasteiger partial charge in [0.25, 0.3) is 0 Å². The van der Waals surface area contributed by atoms with Gasteiger partial charge in [-0.25, -0.2) is 0 Å². The second-order valence-corrected chi connectivity index (χ2v) is 4.24. The van der Waals surface area contributed by atoms with Crippen molar-refractivity contribution < 1.29 is 9.47 Å². The molecule has 0 saturated carbocycles. The minimum atomic E-state index is 0.540. The zero-order chi connectivity index (χ0) is 13.5. The van der Waals surface area contributed by atoms with E-state index in [1.165, 1.54) is 11.1 Å². The van der Waals surface area contributed by atoms with E-state index in [1.54, 1.807) is 7.11 Å². The van der Waals surface area contributed by atoms with Crippen molar-refractivity contribution in [1.82, 2.24) is 5.32 Å². The van der Waals surface area contributed by atoms with E-state index < -0.39 is 0 Å². The maximum Gasteiger partial charge on any atom is 0.161 e. The molecule has 1 N–H and O–H groups in total. The highest BCUT2D eigenvalue weighted by molar-refractivity contribution is 5.39. The van der Waals surface area contributed by atoms with Crippen LogP contribution in [-0.2, 0) is 13.2 Å². The summed E-state index contributed by atoms with van der Waals surface area (Å²) in [5.74, 6) is 1.53. The topological polar surface area (TPSA) is 30.5 Å². The van der Waals surface area contributed by atoms with E-state index in [0.29, 0.717) is 6.61 Å². The minimum Gasteiger partial charge on any atom is -0.493 e. The zero-order valence-corrected chi connectivity index (χ0v) is 11.3. The summed E-state index contributed by atoms with van der Waals surface area (Å²) in [7, 11) is 3.59.